The molecule has 0 rings (SSSR count). The number of allylic oxidation sites excluding steroid dienone is 3. The van der Waals surface area contributed by atoms with Gasteiger partial charge in [0.2, 0.25) is 5.70 Å². The summed E-state index contributed by atoms with van der Waals surface area (Å²) in [6.07, 6.45) is 9.38. The lowest BCUT2D eigenvalue weighted by Crippen LogP contribution is -2.23. The van der Waals surface area contributed by atoms with E-state index in [2.05, 4.69) is 31.9 Å². The van der Waals surface area contributed by atoms with Crippen LogP contribution < -0.4 is 0 Å². The first kappa shape index (κ1) is 17.7. The zero-order chi connectivity index (χ0) is 14.7. The van der Waals surface area contributed by atoms with E-state index in [9.17, 15) is 10.1 Å². The smallest absolute Gasteiger partial charge is 0.242 e. The van der Waals surface area contributed by atoms with Crippen molar-refractivity contribution in [1.29, 1.82) is 0 Å². The Kier molecular flexibility index (Phi) is 9.85. The Morgan fingerprint density at radius 3 is 2.58 bits per heavy atom. The summed E-state index contributed by atoms with van der Waals surface area (Å²) in [5.41, 5.74) is 0.298. The molecule has 0 radical (unpaired) electrons. The topological polar surface area (TPSA) is 46.4 Å². The number of hydrogen-bond acceptors (Lipinski definition) is 3. The van der Waals surface area contributed by atoms with E-state index >= 15 is 0 Å². The lowest BCUT2D eigenvalue weighted by atomic mass is 10.1. The Balaban J connectivity index is 4.10. The average Bonchev–Trinajstić information content (AvgIpc) is 2.37. The van der Waals surface area contributed by atoms with Gasteiger partial charge in [0, 0.05) is 19.5 Å². The minimum Gasteiger partial charge on any atom is -0.378 e. The molecule has 0 aromatic heterocycles. The van der Waals surface area contributed by atoms with Crippen LogP contribution in [0.1, 0.15) is 53.4 Å². The molecule has 0 aliphatic carbocycles. The maximum Gasteiger partial charge on any atom is 0.242 e. The Morgan fingerprint density at radius 2 is 2.11 bits per heavy atom. The van der Waals surface area contributed by atoms with Crippen molar-refractivity contribution in [1.82, 2.24) is 4.90 Å². The fraction of sp³-hybridized carbons (Fsp3) is 0.733. The standard InChI is InChI=1S/C15H28N2O2/c1-5-10-14(4)13-16(7-3)12-9-8-11-15(6-2)17(18)19/h6,9,12,14H,5,7-8,10-11,13H2,1-4H3/b12-9+,15-6+. The summed E-state index contributed by atoms with van der Waals surface area (Å²) < 4.78 is 0. The van der Waals surface area contributed by atoms with Crippen LogP contribution in [-0.4, -0.2) is 22.9 Å². The van der Waals surface area contributed by atoms with Crippen molar-refractivity contribution in [2.45, 2.75) is 53.4 Å². The number of nitro groups is 1. The molecule has 0 fully saturated rings. The van der Waals surface area contributed by atoms with E-state index in [1.54, 1.807) is 13.0 Å². The lowest BCUT2D eigenvalue weighted by molar-refractivity contribution is -0.428. The van der Waals surface area contributed by atoms with Gasteiger partial charge in [-0.15, -0.1) is 0 Å². The monoisotopic (exact) mass is 268 g/mol. The molecule has 0 heterocycles. The highest BCUT2D eigenvalue weighted by atomic mass is 16.6. The molecule has 0 aromatic carbocycles. The van der Waals surface area contributed by atoms with Crippen LogP contribution in [0.25, 0.3) is 0 Å². The van der Waals surface area contributed by atoms with Gasteiger partial charge in [-0.1, -0.05) is 26.3 Å². The Bertz CT molecular complexity index is 311. The summed E-state index contributed by atoms with van der Waals surface area (Å²) in [4.78, 5) is 12.6. The van der Waals surface area contributed by atoms with Gasteiger partial charge in [-0.05, 0) is 44.9 Å². The molecule has 0 aromatic rings. The summed E-state index contributed by atoms with van der Waals surface area (Å²) in [7, 11) is 0. The normalized spacial score (nSPS) is 13.8. The molecular weight excluding hydrogens is 240 g/mol. The van der Waals surface area contributed by atoms with Crippen molar-refractivity contribution < 1.29 is 4.92 Å². The highest BCUT2D eigenvalue weighted by Gasteiger charge is 2.07. The van der Waals surface area contributed by atoms with Crippen LogP contribution >= 0.6 is 0 Å². The second kappa shape index (κ2) is 10.6. The van der Waals surface area contributed by atoms with Gasteiger partial charge < -0.3 is 4.90 Å². The van der Waals surface area contributed by atoms with Crippen LogP contribution in [0.3, 0.4) is 0 Å². The Hall–Kier alpha value is -1.32. The van der Waals surface area contributed by atoms with Crippen molar-refractivity contribution in [3.8, 4) is 0 Å². The maximum absolute atomic E-state index is 10.6. The summed E-state index contributed by atoms with van der Waals surface area (Å²) in [5, 5.41) is 10.6. The molecule has 19 heavy (non-hydrogen) atoms. The molecule has 0 bridgehead atoms. The van der Waals surface area contributed by atoms with Crippen LogP contribution in [0, 0.1) is 16.0 Å². The van der Waals surface area contributed by atoms with Crippen molar-refractivity contribution in [2.75, 3.05) is 13.1 Å². The second-order valence-electron chi connectivity index (χ2n) is 4.94. The minimum atomic E-state index is -0.297. The molecule has 0 saturated heterocycles. The third kappa shape index (κ3) is 8.41. The fourth-order valence-electron chi connectivity index (χ4n) is 2.08. The SMILES string of the molecule is C/C=C(\CC/C=C/N(CC)CC(C)CCC)[N+](=O)[O-]. The fourth-order valence-corrected chi connectivity index (χ4v) is 2.08. The van der Waals surface area contributed by atoms with Gasteiger partial charge in [0.05, 0.1) is 4.92 Å². The number of rotatable bonds is 10. The van der Waals surface area contributed by atoms with Crippen molar-refractivity contribution in [3.05, 3.63) is 34.2 Å². The highest BCUT2D eigenvalue weighted by molar-refractivity contribution is 4.93. The second-order valence-corrected chi connectivity index (χ2v) is 4.94. The molecule has 110 valence electrons. The van der Waals surface area contributed by atoms with Crippen LogP contribution in [0.15, 0.2) is 24.0 Å². The van der Waals surface area contributed by atoms with E-state index in [1.807, 2.05) is 6.08 Å². The summed E-state index contributed by atoms with van der Waals surface area (Å²) >= 11 is 0. The van der Waals surface area contributed by atoms with E-state index in [0.717, 1.165) is 19.5 Å². The quantitative estimate of drug-likeness (QED) is 0.440. The zero-order valence-corrected chi connectivity index (χ0v) is 12.8. The molecule has 0 aliphatic rings. The first-order chi connectivity index (χ1) is 9.04. The summed E-state index contributed by atoms with van der Waals surface area (Å²) in [6.45, 7) is 10.4. The van der Waals surface area contributed by atoms with Crippen molar-refractivity contribution in [2.24, 2.45) is 5.92 Å². The van der Waals surface area contributed by atoms with Gasteiger partial charge in [0.25, 0.3) is 0 Å². The van der Waals surface area contributed by atoms with Crippen LogP contribution in [0.4, 0.5) is 0 Å². The van der Waals surface area contributed by atoms with Gasteiger partial charge >= 0.3 is 0 Å². The van der Waals surface area contributed by atoms with Crippen molar-refractivity contribution >= 4 is 0 Å². The van der Waals surface area contributed by atoms with E-state index in [4.69, 9.17) is 0 Å². The van der Waals surface area contributed by atoms with E-state index in [1.165, 1.54) is 12.8 Å². The Morgan fingerprint density at radius 1 is 1.42 bits per heavy atom. The minimum absolute atomic E-state index is 0.297. The number of nitrogens with zero attached hydrogens (tertiary/aromatic N) is 2. The molecule has 1 atom stereocenters. The predicted molar refractivity (Wildman–Crippen MR) is 80.4 cm³/mol. The van der Waals surface area contributed by atoms with Crippen LogP contribution in [0.2, 0.25) is 0 Å². The summed E-state index contributed by atoms with van der Waals surface area (Å²) in [6, 6.07) is 0. The van der Waals surface area contributed by atoms with Crippen LogP contribution in [-0.2, 0) is 0 Å². The molecule has 4 heteroatoms. The third-order valence-corrected chi connectivity index (χ3v) is 3.18. The zero-order valence-electron chi connectivity index (χ0n) is 12.8. The molecule has 0 aliphatic heterocycles. The molecular formula is C15H28N2O2. The first-order valence-electron chi connectivity index (χ1n) is 7.25. The van der Waals surface area contributed by atoms with Gasteiger partial charge in [0.1, 0.15) is 0 Å². The average molecular weight is 268 g/mol. The van der Waals surface area contributed by atoms with E-state index < -0.39 is 0 Å². The van der Waals surface area contributed by atoms with E-state index in [0.29, 0.717) is 18.0 Å². The summed E-state index contributed by atoms with van der Waals surface area (Å²) in [5.74, 6) is 0.694. The lowest BCUT2D eigenvalue weighted by Gasteiger charge is -2.22. The molecule has 0 N–H and O–H groups in total. The molecule has 0 saturated carbocycles. The number of hydrogen-bond donors (Lipinski definition) is 0. The predicted octanol–water partition coefficient (Wildman–Crippen LogP) is 4.22. The van der Waals surface area contributed by atoms with Gasteiger partial charge in [0.15, 0.2) is 0 Å². The van der Waals surface area contributed by atoms with Gasteiger partial charge in [-0.2, -0.15) is 0 Å². The van der Waals surface area contributed by atoms with Crippen LogP contribution in [0.5, 0.6) is 0 Å². The molecule has 4 nitrogen and oxygen atoms in total. The first-order valence-corrected chi connectivity index (χ1v) is 7.25. The highest BCUT2D eigenvalue weighted by Crippen LogP contribution is 2.09. The van der Waals surface area contributed by atoms with Crippen molar-refractivity contribution in [3.63, 3.8) is 0 Å². The Labute approximate surface area is 117 Å². The third-order valence-electron chi connectivity index (χ3n) is 3.18. The molecule has 0 spiro atoms. The van der Waals surface area contributed by atoms with Gasteiger partial charge in [-0.3, -0.25) is 10.1 Å². The van der Waals surface area contributed by atoms with E-state index in [-0.39, 0.29) is 4.92 Å². The maximum atomic E-state index is 10.6. The molecule has 0 amide bonds. The molecule has 1 unspecified atom stereocenters. The van der Waals surface area contributed by atoms with Gasteiger partial charge in [-0.25, -0.2) is 0 Å². The largest absolute Gasteiger partial charge is 0.378 e.